The lowest BCUT2D eigenvalue weighted by molar-refractivity contribution is -0.0501. The molecule has 0 aliphatic heterocycles. The van der Waals surface area contributed by atoms with Gasteiger partial charge in [-0.1, -0.05) is 0 Å². The first-order valence-corrected chi connectivity index (χ1v) is 8.46. The van der Waals surface area contributed by atoms with E-state index in [0.717, 1.165) is 0 Å². The van der Waals surface area contributed by atoms with Crippen LogP contribution in [-0.4, -0.2) is 33.7 Å². The largest absolute Gasteiger partial charge is 0.493 e. The SMILES string of the molecule is COc1cc(C(=O)c2cc(-c3ccco3)ccc2OC(F)F)cc(OC)c1OC. The molecule has 0 radical (unpaired) electrons. The van der Waals surface area contributed by atoms with Crippen LogP contribution >= 0.6 is 0 Å². The summed E-state index contributed by atoms with van der Waals surface area (Å²) in [4.78, 5) is 13.2. The molecule has 1 heterocycles. The highest BCUT2D eigenvalue weighted by molar-refractivity contribution is 6.12. The van der Waals surface area contributed by atoms with E-state index in [0.29, 0.717) is 17.1 Å². The fourth-order valence-corrected chi connectivity index (χ4v) is 2.87. The fourth-order valence-electron chi connectivity index (χ4n) is 2.87. The number of ketones is 1. The number of carbonyl (C=O) groups excluding carboxylic acids is 1. The summed E-state index contributed by atoms with van der Waals surface area (Å²) in [6, 6.07) is 10.5. The van der Waals surface area contributed by atoms with Crippen LogP contribution in [0.5, 0.6) is 23.0 Å². The van der Waals surface area contributed by atoms with Gasteiger partial charge in [0.25, 0.3) is 0 Å². The third-order valence-electron chi connectivity index (χ3n) is 4.17. The summed E-state index contributed by atoms with van der Waals surface area (Å²) < 4.78 is 51.4. The van der Waals surface area contributed by atoms with Gasteiger partial charge in [-0.15, -0.1) is 0 Å². The van der Waals surface area contributed by atoms with Crippen LogP contribution in [0.2, 0.25) is 0 Å². The molecule has 0 saturated carbocycles. The fraction of sp³-hybridized carbons (Fsp3) is 0.190. The zero-order valence-corrected chi connectivity index (χ0v) is 15.9. The van der Waals surface area contributed by atoms with E-state index < -0.39 is 12.4 Å². The van der Waals surface area contributed by atoms with Crippen LogP contribution in [0, 0.1) is 0 Å². The second-order valence-electron chi connectivity index (χ2n) is 5.81. The van der Waals surface area contributed by atoms with Gasteiger partial charge in [0.05, 0.1) is 33.2 Å². The van der Waals surface area contributed by atoms with Crippen molar-refractivity contribution in [1.82, 2.24) is 0 Å². The van der Waals surface area contributed by atoms with Crippen molar-refractivity contribution in [3.8, 4) is 34.3 Å². The Kier molecular flexibility index (Phi) is 6.01. The quantitative estimate of drug-likeness (QED) is 0.502. The molecular weight excluding hydrogens is 386 g/mol. The van der Waals surface area contributed by atoms with E-state index in [4.69, 9.17) is 18.6 Å². The van der Waals surface area contributed by atoms with Gasteiger partial charge in [0.1, 0.15) is 11.5 Å². The van der Waals surface area contributed by atoms with Gasteiger partial charge < -0.3 is 23.4 Å². The van der Waals surface area contributed by atoms with Crippen molar-refractivity contribution in [3.05, 3.63) is 59.9 Å². The third-order valence-corrected chi connectivity index (χ3v) is 4.17. The second kappa shape index (κ2) is 8.64. The summed E-state index contributed by atoms with van der Waals surface area (Å²) in [5.74, 6) is 0.484. The van der Waals surface area contributed by atoms with Crippen molar-refractivity contribution in [2.75, 3.05) is 21.3 Å². The van der Waals surface area contributed by atoms with Gasteiger partial charge >= 0.3 is 6.61 Å². The van der Waals surface area contributed by atoms with Crippen LogP contribution in [0.1, 0.15) is 15.9 Å². The smallest absolute Gasteiger partial charge is 0.387 e. The topological polar surface area (TPSA) is 67.1 Å². The van der Waals surface area contributed by atoms with Crippen LogP contribution < -0.4 is 18.9 Å². The minimum atomic E-state index is -3.09. The third kappa shape index (κ3) is 4.16. The molecule has 0 bridgehead atoms. The van der Waals surface area contributed by atoms with E-state index in [2.05, 4.69) is 4.74 Å². The van der Waals surface area contributed by atoms with Crippen molar-refractivity contribution < 1.29 is 36.9 Å². The standard InChI is InChI=1S/C21H18F2O6/c1-25-17-10-13(11-18(26-2)20(17)27-3)19(24)14-9-12(15-5-4-8-28-15)6-7-16(14)29-21(22)23/h4-11,21H,1-3H3. The first kappa shape index (κ1) is 20.2. The zero-order chi connectivity index (χ0) is 21.0. The summed E-state index contributed by atoms with van der Waals surface area (Å²) in [5, 5.41) is 0. The van der Waals surface area contributed by atoms with Gasteiger partial charge in [0, 0.05) is 11.1 Å². The van der Waals surface area contributed by atoms with Crippen molar-refractivity contribution in [3.63, 3.8) is 0 Å². The monoisotopic (exact) mass is 404 g/mol. The lowest BCUT2D eigenvalue weighted by Gasteiger charge is -2.15. The predicted molar refractivity (Wildman–Crippen MR) is 100 cm³/mol. The van der Waals surface area contributed by atoms with E-state index >= 15 is 0 Å². The first-order valence-electron chi connectivity index (χ1n) is 8.46. The normalized spacial score (nSPS) is 10.7. The van der Waals surface area contributed by atoms with Gasteiger partial charge in [-0.3, -0.25) is 4.79 Å². The Balaban J connectivity index is 2.13. The van der Waals surface area contributed by atoms with Crippen molar-refractivity contribution in [2.24, 2.45) is 0 Å². The molecule has 0 spiro atoms. The molecule has 0 N–H and O–H groups in total. The van der Waals surface area contributed by atoms with Gasteiger partial charge in [-0.25, -0.2) is 0 Å². The maximum atomic E-state index is 13.2. The molecular formula is C21H18F2O6. The molecule has 0 aliphatic rings. The maximum absolute atomic E-state index is 13.2. The Morgan fingerprint density at radius 1 is 0.931 bits per heavy atom. The molecule has 152 valence electrons. The van der Waals surface area contributed by atoms with Crippen LogP contribution in [-0.2, 0) is 0 Å². The second-order valence-corrected chi connectivity index (χ2v) is 5.81. The molecule has 0 unspecified atom stereocenters. The lowest BCUT2D eigenvalue weighted by atomic mass is 9.98. The van der Waals surface area contributed by atoms with Crippen LogP contribution in [0.3, 0.4) is 0 Å². The van der Waals surface area contributed by atoms with Crippen LogP contribution in [0.4, 0.5) is 8.78 Å². The predicted octanol–water partition coefficient (Wildman–Crippen LogP) is 4.80. The maximum Gasteiger partial charge on any atom is 0.387 e. The summed E-state index contributed by atoms with van der Waals surface area (Å²) in [6.07, 6.45) is 1.47. The lowest BCUT2D eigenvalue weighted by Crippen LogP contribution is -2.10. The average molecular weight is 404 g/mol. The first-order chi connectivity index (χ1) is 14.0. The van der Waals surface area contributed by atoms with Crippen LogP contribution in [0.25, 0.3) is 11.3 Å². The Morgan fingerprint density at radius 3 is 2.14 bits per heavy atom. The number of rotatable bonds is 8. The molecule has 6 nitrogen and oxygen atoms in total. The van der Waals surface area contributed by atoms with Gasteiger partial charge in [0.2, 0.25) is 5.75 Å². The molecule has 0 amide bonds. The van der Waals surface area contributed by atoms with E-state index in [1.807, 2.05) is 0 Å². The highest BCUT2D eigenvalue weighted by Crippen LogP contribution is 2.39. The molecule has 1 aromatic heterocycles. The van der Waals surface area contributed by atoms with Crippen molar-refractivity contribution >= 4 is 5.78 Å². The number of furan rings is 1. The number of alkyl halides is 2. The molecule has 0 aliphatic carbocycles. The number of carbonyl (C=O) groups is 1. The highest BCUT2D eigenvalue weighted by atomic mass is 19.3. The Morgan fingerprint density at radius 2 is 1.62 bits per heavy atom. The number of halogens is 2. The van der Waals surface area contributed by atoms with E-state index in [-0.39, 0.29) is 28.4 Å². The summed E-state index contributed by atoms with van der Waals surface area (Å²) in [5.41, 5.74) is 0.621. The number of hydrogen-bond donors (Lipinski definition) is 0. The van der Waals surface area contributed by atoms with Crippen molar-refractivity contribution in [2.45, 2.75) is 6.61 Å². The Bertz CT molecular complexity index is 973. The minimum absolute atomic E-state index is 0.0616. The van der Waals surface area contributed by atoms with Crippen LogP contribution in [0.15, 0.2) is 53.1 Å². The summed E-state index contributed by atoms with van der Waals surface area (Å²) in [6.45, 7) is -3.09. The van der Waals surface area contributed by atoms with E-state index in [1.54, 1.807) is 12.1 Å². The summed E-state index contributed by atoms with van der Waals surface area (Å²) in [7, 11) is 4.26. The molecule has 3 rings (SSSR count). The molecule has 0 atom stereocenters. The van der Waals surface area contributed by atoms with Gasteiger partial charge in [-0.05, 0) is 42.5 Å². The Hall–Kier alpha value is -3.55. The minimum Gasteiger partial charge on any atom is -0.493 e. The van der Waals surface area contributed by atoms with Crippen molar-refractivity contribution in [1.29, 1.82) is 0 Å². The molecule has 29 heavy (non-hydrogen) atoms. The summed E-state index contributed by atoms with van der Waals surface area (Å²) >= 11 is 0. The van der Waals surface area contributed by atoms with Gasteiger partial charge in [-0.2, -0.15) is 8.78 Å². The number of methoxy groups -OCH3 is 3. The molecule has 2 aromatic carbocycles. The molecule has 8 heteroatoms. The number of hydrogen-bond acceptors (Lipinski definition) is 6. The average Bonchev–Trinajstić information content (AvgIpc) is 3.26. The highest BCUT2D eigenvalue weighted by Gasteiger charge is 2.22. The number of ether oxygens (including phenoxy) is 4. The molecule has 3 aromatic rings. The van der Waals surface area contributed by atoms with E-state index in [9.17, 15) is 13.6 Å². The molecule has 0 fully saturated rings. The number of benzene rings is 2. The van der Waals surface area contributed by atoms with E-state index in [1.165, 1.54) is 57.9 Å². The molecule has 0 saturated heterocycles. The zero-order valence-electron chi connectivity index (χ0n) is 15.9. The Labute approximate surface area is 165 Å². The van der Waals surface area contributed by atoms with Gasteiger partial charge in [0.15, 0.2) is 17.3 Å².